The summed E-state index contributed by atoms with van der Waals surface area (Å²) in [6.07, 6.45) is 2.14. The smallest absolute Gasteiger partial charge is 0.150 e. The second-order valence-corrected chi connectivity index (χ2v) is 3.30. The van der Waals surface area contributed by atoms with Gasteiger partial charge in [-0.25, -0.2) is 0 Å². The number of hydrogen-bond acceptors (Lipinski definition) is 1. The van der Waals surface area contributed by atoms with Crippen molar-refractivity contribution in [2.45, 2.75) is 13.3 Å². The Balaban J connectivity index is 0.000000261. The highest BCUT2D eigenvalue weighted by molar-refractivity contribution is 14.1. The molecule has 0 aliphatic heterocycles. The molecule has 0 saturated carbocycles. The van der Waals surface area contributed by atoms with Crippen LogP contribution in [0, 0.1) is 0 Å². The van der Waals surface area contributed by atoms with Gasteiger partial charge in [-0.05, 0) is 10.8 Å². The zero-order valence-corrected chi connectivity index (χ0v) is 9.32. The summed E-state index contributed by atoms with van der Waals surface area (Å²) in [7, 11) is 0. The molecule has 2 heteroatoms. The molecule has 1 aromatic carbocycles. The first-order valence-corrected chi connectivity index (χ1v) is 5.44. The number of carbonyl (C=O) groups excluding carboxylic acids is 1. The van der Waals surface area contributed by atoms with Crippen molar-refractivity contribution in [2.75, 3.05) is 4.43 Å². The molecule has 12 heavy (non-hydrogen) atoms. The summed E-state index contributed by atoms with van der Waals surface area (Å²) in [4.78, 5) is 10.0. The third-order valence-corrected chi connectivity index (χ3v) is 2.20. The Morgan fingerprint density at radius 3 is 2.08 bits per heavy atom. The number of aldehydes is 1. The lowest BCUT2D eigenvalue weighted by Crippen LogP contribution is -1.73. The molecule has 0 radical (unpaired) electrons. The quantitative estimate of drug-likeness (QED) is 0.460. The van der Waals surface area contributed by atoms with Crippen LogP contribution < -0.4 is 0 Å². The average molecular weight is 276 g/mol. The SMILES string of the molecule is CCCI.O=Cc1ccccc1. The van der Waals surface area contributed by atoms with E-state index in [4.69, 9.17) is 0 Å². The van der Waals surface area contributed by atoms with Gasteiger partial charge in [0.2, 0.25) is 0 Å². The molecule has 0 unspecified atom stereocenters. The van der Waals surface area contributed by atoms with Gasteiger partial charge in [-0.1, -0.05) is 59.8 Å². The van der Waals surface area contributed by atoms with Gasteiger partial charge in [0.25, 0.3) is 0 Å². The Labute approximate surface area is 87.3 Å². The molecule has 0 aromatic heterocycles. The van der Waals surface area contributed by atoms with Crippen molar-refractivity contribution in [1.82, 2.24) is 0 Å². The third kappa shape index (κ3) is 6.34. The van der Waals surface area contributed by atoms with Crippen LogP contribution in [0.3, 0.4) is 0 Å². The maximum absolute atomic E-state index is 10.0. The first-order chi connectivity index (χ1) is 5.85. The van der Waals surface area contributed by atoms with Crippen LogP contribution in [0.4, 0.5) is 0 Å². The average Bonchev–Trinajstić information content (AvgIpc) is 2.19. The van der Waals surface area contributed by atoms with Gasteiger partial charge in [-0.3, -0.25) is 4.79 Å². The molecule has 0 bridgehead atoms. The summed E-state index contributed by atoms with van der Waals surface area (Å²) < 4.78 is 1.29. The second kappa shape index (κ2) is 8.71. The van der Waals surface area contributed by atoms with Crippen LogP contribution in [0.2, 0.25) is 0 Å². The van der Waals surface area contributed by atoms with Crippen LogP contribution in [0.5, 0.6) is 0 Å². The molecular formula is C10H13IO. The summed E-state index contributed by atoms with van der Waals surface area (Å²) in [5, 5.41) is 0. The largest absolute Gasteiger partial charge is 0.298 e. The summed E-state index contributed by atoms with van der Waals surface area (Å²) >= 11 is 2.35. The highest BCUT2D eigenvalue weighted by Gasteiger charge is 1.79. The van der Waals surface area contributed by atoms with Crippen LogP contribution >= 0.6 is 22.6 Å². The zero-order valence-electron chi connectivity index (χ0n) is 7.16. The van der Waals surface area contributed by atoms with Crippen LogP contribution in [0.1, 0.15) is 23.7 Å². The highest BCUT2D eigenvalue weighted by atomic mass is 127. The van der Waals surface area contributed by atoms with Crippen molar-refractivity contribution in [2.24, 2.45) is 0 Å². The molecule has 1 rings (SSSR count). The van der Waals surface area contributed by atoms with Crippen molar-refractivity contribution in [3.63, 3.8) is 0 Å². The first-order valence-electron chi connectivity index (χ1n) is 3.91. The van der Waals surface area contributed by atoms with E-state index >= 15 is 0 Å². The molecule has 0 fully saturated rings. The minimum absolute atomic E-state index is 0.729. The lowest BCUT2D eigenvalue weighted by molar-refractivity contribution is 0.112. The van der Waals surface area contributed by atoms with E-state index in [1.165, 1.54) is 10.8 Å². The zero-order chi connectivity index (χ0) is 9.23. The predicted octanol–water partition coefficient (Wildman–Crippen LogP) is 3.33. The molecule has 0 N–H and O–H groups in total. The Kier molecular flexibility index (Phi) is 8.44. The van der Waals surface area contributed by atoms with E-state index in [2.05, 4.69) is 29.5 Å². The maximum Gasteiger partial charge on any atom is 0.150 e. The van der Waals surface area contributed by atoms with Crippen molar-refractivity contribution in [1.29, 1.82) is 0 Å². The molecule has 0 aliphatic rings. The summed E-state index contributed by atoms with van der Waals surface area (Å²) in [5.41, 5.74) is 0.729. The minimum Gasteiger partial charge on any atom is -0.298 e. The van der Waals surface area contributed by atoms with Crippen LogP contribution in [-0.2, 0) is 0 Å². The molecule has 66 valence electrons. The Morgan fingerprint density at radius 1 is 1.33 bits per heavy atom. The summed E-state index contributed by atoms with van der Waals surface area (Å²) in [6.45, 7) is 2.17. The van der Waals surface area contributed by atoms with E-state index in [-0.39, 0.29) is 0 Å². The standard InChI is InChI=1S/C7H6O.C3H7I/c8-6-7-4-2-1-3-5-7;1-2-3-4/h1-6H;2-3H2,1H3. The van der Waals surface area contributed by atoms with Gasteiger partial charge in [-0.2, -0.15) is 0 Å². The minimum atomic E-state index is 0.729. The van der Waals surface area contributed by atoms with Crippen molar-refractivity contribution in [3.8, 4) is 0 Å². The monoisotopic (exact) mass is 276 g/mol. The molecule has 0 saturated heterocycles. The Bertz CT molecular complexity index is 194. The van der Waals surface area contributed by atoms with Gasteiger partial charge in [0.15, 0.2) is 0 Å². The van der Waals surface area contributed by atoms with E-state index in [1.807, 2.05) is 18.2 Å². The van der Waals surface area contributed by atoms with Gasteiger partial charge in [0, 0.05) is 5.56 Å². The molecule has 0 amide bonds. The van der Waals surface area contributed by atoms with E-state index in [9.17, 15) is 4.79 Å². The highest BCUT2D eigenvalue weighted by Crippen LogP contribution is 1.91. The second-order valence-electron chi connectivity index (χ2n) is 2.22. The van der Waals surface area contributed by atoms with Gasteiger partial charge in [0.1, 0.15) is 6.29 Å². The summed E-state index contributed by atoms with van der Waals surface area (Å²) in [6, 6.07) is 9.10. The maximum atomic E-state index is 10.0. The molecule has 1 nitrogen and oxygen atoms in total. The number of hydrogen-bond donors (Lipinski definition) is 0. The number of halogens is 1. The molecule has 0 aliphatic carbocycles. The van der Waals surface area contributed by atoms with E-state index in [1.54, 1.807) is 12.1 Å². The lowest BCUT2D eigenvalue weighted by Gasteiger charge is -1.81. The number of benzene rings is 1. The topological polar surface area (TPSA) is 17.1 Å². The predicted molar refractivity (Wildman–Crippen MR) is 61.0 cm³/mol. The van der Waals surface area contributed by atoms with Crippen molar-refractivity contribution >= 4 is 28.9 Å². The van der Waals surface area contributed by atoms with E-state index in [0.29, 0.717) is 0 Å². The number of alkyl halides is 1. The molecule has 0 heterocycles. The van der Waals surface area contributed by atoms with E-state index in [0.717, 1.165) is 11.8 Å². The van der Waals surface area contributed by atoms with Gasteiger partial charge < -0.3 is 0 Å². The number of carbonyl (C=O) groups is 1. The first kappa shape index (κ1) is 11.6. The van der Waals surface area contributed by atoms with Gasteiger partial charge >= 0.3 is 0 Å². The molecule has 0 atom stereocenters. The molecule has 0 spiro atoms. The number of rotatable bonds is 2. The van der Waals surface area contributed by atoms with Crippen molar-refractivity contribution in [3.05, 3.63) is 35.9 Å². The van der Waals surface area contributed by atoms with Crippen LogP contribution in [-0.4, -0.2) is 10.7 Å². The van der Waals surface area contributed by atoms with Crippen molar-refractivity contribution < 1.29 is 4.79 Å². The molecular weight excluding hydrogens is 263 g/mol. The lowest BCUT2D eigenvalue weighted by atomic mass is 10.2. The van der Waals surface area contributed by atoms with E-state index < -0.39 is 0 Å². The fourth-order valence-corrected chi connectivity index (χ4v) is 0.532. The fourth-order valence-electron chi connectivity index (χ4n) is 0.532. The van der Waals surface area contributed by atoms with Crippen LogP contribution in [0.25, 0.3) is 0 Å². The van der Waals surface area contributed by atoms with Gasteiger partial charge in [0.05, 0.1) is 0 Å². The Hall–Kier alpha value is -0.380. The van der Waals surface area contributed by atoms with Crippen LogP contribution in [0.15, 0.2) is 30.3 Å². The Morgan fingerprint density at radius 2 is 1.83 bits per heavy atom. The van der Waals surface area contributed by atoms with Gasteiger partial charge in [-0.15, -0.1) is 0 Å². The fraction of sp³-hybridized carbons (Fsp3) is 0.300. The summed E-state index contributed by atoms with van der Waals surface area (Å²) in [5.74, 6) is 0. The molecule has 1 aromatic rings. The normalized spacial score (nSPS) is 8.17. The third-order valence-electron chi connectivity index (χ3n) is 1.12.